The number of amides is 2. The lowest BCUT2D eigenvalue weighted by Crippen LogP contribution is -2.47. The Labute approximate surface area is 200 Å². The smallest absolute Gasteiger partial charge is 0.229 e. The molecule has 0 aliphatic carbocycles. The van der Waals surface area contributed by atoms with Crippen LogP contribution >= 0.6 is 0 Å². The third-order valence-electron chi connectivity index (χ3n) is 6.52. The minimum atomic E-state index is -0.452. The topological polar surface area (TPSA) is 67.9 Å². The van der Waals surface area contributed by atoms with Crippen LogP contribution in [-0.4, -0.2) is 26.0 Å². The Morgan fingerprint density at radius 3 is 2.09 bits per heavy atom. The van der Waals surface area contributed by atoms with E-state index >= 15 is 0 Å². The molecule has 0 aromatic heterocycles. The van der Waals surface area contributed by atoms with Crippen molar-refractivity contribution in [2.75, 3.05) is 24.4 Å². The van der Waals surface area contributed by atoms with Crippen molar-refractivity contribution in [2.24, 2.45) is 5.92 Å². The highest BCUT2D eigenvalue weighted by atomic mass is 16.5. The van der Waals surface area contributed by atoms with Crippen LogP contribution in [0.3, 0.4) is 0 Å². The first-order valence-corrected chi connectivity index (χ1v) is 11.4. The molecule has 1 aliphatic heterocycles. The van der Waals surface area contributed by atoms with Gasteiger partial charge in [-0.1, -0.05) is 18.2 Å². The van der Waals surface area contributed by atoms with Crippen LogP contribution in [0.25, 0.3) is 0 Å². The highest BCUT2D eigenvalue weighted by molar-refractivity contribution is 6.00. The minimum Gasteiger partial charge on any atom is -0.497 e. The second-order valence-electron chi connectivity index (χ2n) is 8.61. The Morgan fingerprint density at radius 1 is 0.882 bits per heavy atom. The molecule has 0 bridgehead atoms. The molecule has 6 nitrogen and oxygen atoms in total. The van der Waals surface area contributed by atoms with Gasteiger partial charge in [0.1, 0.15) is 11.5 Å². The Kier molecular flexibility index (Phi) is 6.87. The molecule has 1 N–H and O–H groups in total. The van der Waals surface area contributed by atoms with Crippen molar-refractivity contribution in [3.05, 3.63) is 83.4 Å². The normalized spacial score (nSPS) is 17.9. The summed E-state index contributed by atoms with van der Waals surface area (Å²) in [6, 6.07) is 20.4. The number of aryl methyl sites for hydroxylation is 2. The van der Waals surface area contributed by atoms with Gasteiger partial charge in [-0.25, -0.2) is 0 Å². The summed E-state index contributed by atoms with van der Waals surface area (Å²) in [7, 11) is 3.22. The fourth-order valence-electron chi connectivity index (χ4n) is 4.45. The van der Waals surface area contributed by atoms with Crippen LogP contribution in [0.15, 0.2) is 66.7 Å². The molecule has 0 saturated carbocycles. The number of hydrogen-bond acceptors (Lipinski definition) is 4. The number of ether oxygens (including phenoxy) is 2. The number of piperidine rings is 1. The summed E-state index contributed by atoms with van der Waals surface area (Å²) in [6.45, 7) is 4.07. The summed E-state index contributed by atoms with van der Waals surface area (Å²) in [4.78, 5) is 28.5. The number of methoxy groups -OCH3 is 2. The average Bonchev–Trinajstić information content (AvgIpc) is 2.86. The first kappa shape index (κ1) is 23.4. The van der Waals surface area contributed by atoms with Crippen molar-refractivity contribution in [1.29, 1.82) is 0 Å². The molecule has 2 amide bonds. The molecule has 34 heavy (non-hydrogen) atoms. The van der Waals surface area contributed by atoms with Crippen LogP contribution in [0, 0.1) is 19.8 Å². The minimum absolute atomic E-state index is 0.0128. The van der Waals surface area contributed by atoms with Gasteiger partial charge in [-0.05, 0) is 85.5 Å². The molecular weight excluding hydrogens is 428 g/mol. The van der Waals surface area contributed by atoms with E-state index in [2.05, 4.69) is 5.32 Å². The highest BCUT2D eigenvalue weighted by Crippen LogP contribution is 2.41. The lowest BCUT2D eigenvalue weighted by molar-refractivity contribution is -0.125. The van der Waals surface area contributed by atoms with Crippen molar-refractivity contribution < 1.29 is 19.1 Å². The third-order valence-corrected chi connectivity index (χ3v) is 6.52. The van der Waals surface area contributed by atoms with Gasteiger partial charge in [-0.2, -0.15) is 0 Å². The molecular formula is C28H30N2O4. The van der Waals surface area contributed by atoms with E-state index in [4.69, 9.17) is 9.47 Å². The Balaban J connectivity index is 1.72. The van der Waals surface area contributed by atoms with Crippen LogP contribution < -0.4 is 19.7 Å². The number of nitrogens with zero attached hydrogens (tertiary/aromatic N) is 1. The van der Waals surface area contributed by atoms with E-state index in [-0.39, 0.29) is 11.8 Å². The van der Waals surface area contributed by atoms with Gasteiger partial charge < -0.3 is 19.7 Å². The summed E-state index contributed by atoms with van der Waals surface area (Å²) in [5.74, 6) is 0.891. The maximum absolute atomic E-state index is 13.6. The fraction of sp³-hybridized carbons (Fsp3) is 0.286. The molecule has 1 heterocycles. The van der Waals surface area contributed by atoms with E-state index in [0.717, 1.165) is 28.3 Å². The van der Waals surface area contributed by atoms with Crippen molar-refractivity contribution >= 4 is 23.2 Å². The lowest BCUT2D eigenvalue weighted by Gasteiger charge is -2.41. The molecule has 2 unspecified atom stereocenters. The van der Waals surface area contributed by atoms with Crippen LogP contribution in [0.2, 0.25) is 0 Å². The van der Waals surface area contributed by atoms with Crippen LogP contribution in [0.4, 0.5) is 11.4 Å². The molecule has 2 atom stereocenters. The Hall–Kier alpha value is -3.80. The summed E-state index contributed by atoms with van der Waals surface area (Å²) < 4.78 is 10.6. The molecule has 0 radical (unpaired) electrons. The maximum Gasteiger partial charge on any atom is 0.229 e. The first-order chi connectivity index (χ1) is 16.4. The van der Waals surface area contributed by atoms with Crippen LogP contribution in [-0.2, 0) is 9.59 Å². The first-order valence-electron chi connectivity index (χ1n) is 11.4. The number of anilines is 2. The largest absolute Gasteiger partial charge is 0.497 e. The van der Waals surface area contributed by atoms with E-state index in [1.54, 1.807) is 19.1 Å². The van der Waals surface area contributed by atoms with Crippen molar-refractivity contribution in [2.45, 2.75) is 32.7 Å². The number of benzene rings is 3. The summed E-state index contributed by atoms with van der Waals surface area (Å²) in [6.07, 6.45) is 0.766. The number of carbonyl (C=O) groups excluding carboxylic acids is 2. The number of nitrogens with one attached hydrogen (secondary N) is 1. The van der Waals surface area contributed by atoms with E-state index in [1.165, 1.54) is 5.56 Å². The van der Waals surface area contributed by atoms with Crippen molar-refractivity contribution in [1.82, 2.24) is 0 Å². The highest BCUT2D eigenvalue weighted by Gasteiger charge is 2.41. The molecule has 3 aromatic carbocycles. The van der Waals surface area contributed by atoms with Crippen molar-refractivity contribution in [3.8, 4) is 11.5 Å². The van der Waals surface area contributed by atoms with Gasteiger partial charge in [-0.3, -0.25) is 9.59 Å². The Morgan fingerprint density at radius 2 is 1.50 bits per heavy atom. The summed E-state index contributed by atoms with van der Waals surface area (Å²) >= 11 is 0. The average molecular weight is 459 g/mol. The van der Waals surface area contributed by atoms with Gasteiger partial charge in [0.05, 0.1) is 26.2 Å². The van der Waals surface area contributed by atoms with E-state index < -0.39 is 12.0 Å². The molecule has 6 heteroatoms. The van der Waals surface area contributed by atoms with Gasteiger partial charge in [-0.15, -0.1) is 0 Å². The molecule has 4 rings (SSSR count). The standard InChI is InChI=1S/C28H30N2O4/c1-18-5-8-21(17-19(18)2)29-28(32)25-15-16-26(31)30(22-9-13-24(34-4)14-10-22)27(25)20-6-11-23(33-3)12-7-20/h5-14,17,25,27H,15-16H2,1-4H3,(H,29,32). The Bertz CT molecular complexity index is 1170. The molecule has 176 valence electrons. The van der Waals surface area contributed by atoms with Gasteiger partial charge >= 0.3 is 0 Å². The maximum atomic E-state index is 13.6. The molecule has 1 aliphatic rings. The van der Waals surface area contributed by atoms with Crippen LogP contribution in [0.1, 0.15) is 35.6 Å². The van der Waals surface area contributed by atoms with E-state index in [0.29, 0.717) is 18.6 Å². The second kappa shape index (κ2) is 10.00. The van der Waals surface area contributed by atoms with E-state index in [9.17, 15) is 9.59 Å². The monoisotopic (exact) mass is 458 g/mol. The van der Waals surface area contributed by atoms with Crippen LogP contribution in [0.5, 0.6) is 11.5 Å². The predicted molar refractivity (Wildman–Crippen MR) is 133 cm³/mol. The van der Waals surface area contributed by atoms with Gasteiger partial charge in [0.25, 0.3) is 0 Å². The molecule has 0 spiro atoms. The quantitative estimate of drug-likeness (QED) is 0.534. The van der Waals surface area contributed by atoms with Crippen molar-refractivity contribution in [3.63, 3.8) is 0 Å². The summed E-state index contributed by atoms with van der Waals surface area (Å²) in [5, 5.41) is 3.09. The van der Waals surface area contributed by atoms with Gasteiger partial charge in [0.2, 0.25) is 11.8 Å². The lowest BCUT2D eigenvalue weighted by atomic mass is 9.83. The zero-order chi connectivity index (χ0) is 24.2. The zero-order valence-electron chi connectivity index (χ0n) is 20.0. The third kappa shape index (κ3) is 4.76. The van der Waals surface area contributed by atoms with Gasteiger partial charge in [0.15, 0.2) is 0 Å². The molecule has 1 fully saturated rings. The summed E-state index contributed by atoms with van der Waals surface area (Å²) in [5.41, 5.74) is 4.65. The van der Waals surface area contributed by atoms with E-state index in [1.807, 2.05) is 80.6 Å². The molecule has 3 aromatic rings. The second-order valence-corrected chi connectivity index (χ2v) is 8.61. The fourth-order valence-corrected chi connectivity index (χ4v) is 4.45. The van der Waals surface area contributed by atoms with Gasteiger partial charge in [0, 0.05) is 17.8 Å². The predicted octanol–water partition coefficient (Wildman–Crippen LogP) is 5.44. The SMILES string of the molecule is COc1ccc(C2C(C(=O)Nc3ccc(C)c(C)c3)CCC(=O)N2c2ccc(OC)cc2)cc1. The molecule has 1 saturated heterocycles. The number of hydrogen-bond donors (Lipinski definition) is 1. The number of rotatable bonds is 6. The number of carbonyl (C=O) groups is 2. The zero-order valence-corrected chi connectivity index (χ0v) is 20.0.